The number of methoxy groups -OCH3 is 1. The van der Waals surface area contributed by atoms with Crippen LogP contribution in [0.3, 0.4) is 0 Å². The van der Waals surface area contributed by atoms with Crippen LogP contribution in [0.25, 0.3) is 0 Å². The Morgan fingerprint density at radius 3 is 2.45 bits per heavy atom. The second-order valence-corrected chi connectivity index (χ2v) is 7.69. The van der Waals surface area contributed by atoms with Gasteiger partial charge in [-0.15, -0.1) is 0 Å². The van der Waals surface area contributed by atoms with Crippen molar-refractivity contribution < 1.29 is 23.8 Å². The summed E-state index contributed by atoms with van der Waals surface area (Å²) in [5, 5.41) is 4.86. The van der Waals surface area contributed by atoms with Crippen LogP contribution < -0.4 is 19.6 Å². The zero-order valence-corrected chi connectivity index (χ0v) is 19.4. The van der Waals surface area contributed by atoms with E-state index < -0.39 is 11.9 Å². The highest BCUT2D eigenvalue weighted by atomic mass is 35.5. The van der Waals surface area contributed by atoms with Crippen molar-refractivity contribution in [2.24, 2.45) is 5.10 Å². The molecule has 0 fully saturated rings. The highest BCUT2D eigenvalue weighted by Gasteiger charge is 2.16. The number of rotatable bonds is 8. The van der Waals surface area contributed by atoms with Crippen molar-refractivity contribution in [3.8, 4) is 17.2 Å². The summed E-state index contributed by atoms with van der Waals surface area (Å²) in [7, 11) is 1.43. The first kappa shape index (κ1) is 24.4. The van der Waals surface area contributed by atoms with Gasteiger partial charge in [0.2, 0.25) is 0 Å². The molecule has 0 spiro atoms. The van der Waals surface area contributed by atoms with Gasteiger partial charge in [0.1, 0.15) is 5.75 Å². The number of para-hydroxylation sites is 1. The molecule has 1 N–H and O–H groups in total. The average Bonchev–Trinajstić information content (AvgIpc) is 2.79. The lowest BCUT2D eigenvalue weighted by Crippen LogP contribution is -2.24. The number of nitrogens with one attached hydrogen (secondary N) is 1. The molecule has 0 aliphatic rings. The van der Waals surface area contributed by atoms with Gasteiger partial charge in [0.25, 0.3) is 5.91 Å². The van der Waals surface area contributed by atoms with Gasteiger partial charge in [0.15, 0.2) is 18.1 Å². The van der Waals surface area contributed by atoms with Gasteiger partial charge in [0, 0.05) is 5.02 Å². The molecule has 0 atom stereocenters. The predicted molar refractivity (Wildman–Crippen MR) is 127 cm³/mol. The third-order valence-corrected chi connectivity index (χ3v) is 5.00. The average molecular weight is 508 g/mol. The van der Waals surface area contributed by atoms with Gasteiger partial charge < -0.3 is 14.2 Å². The second-order valence-electron chi connectivity index (χ2n) is 6.44. The molecule has 33 heavy (non-hydrogen) atoms. The van der Waals surface area contributed by atoms with E-state index in [1.807, 2.05) is 0 Å². The Kier molecular flexibility index (Phi) is 8.54. The number of esters is 1. The highest BCUT2D eigenvalue weighted by molar-refractivity contribution is 6.36. The molecule has 3 aromatic rings. The van der Waals surface area contributed by atoms with Crippen molar-refractivity contribution in [3.05, 3.63) is 86.9 Å². The molecule has 3 rings (SSSR count). The molecule has 0 aliphatic carbocycles. The molecule has 0 radical (unpaired) electrons. The molecule has 10 heteroatoms. The van der Waals surface area contributed by atoms with Crippen molar-refractivity contribution in [2.45, 2.75) is 0 Å². The molecular formula is C23H17Cl3N2O5. The SMILES string of the molecule is COc1cc(/C=N/NC(=O)COc2ccccc2Cl)ccc1OC(=O)c1ccc(Cl)cc1Cl. The number of ether oxygens (including phenoxy) is 3. The zero-order valence-electron chi connectivity index (χ0n) is 17.2. The van der Waals surface area contributed by atoms with Crippen molar-refractivity contribution in [1.29, 1.82) is 0 Å². The topological polar surface area (TPSA) is 86.2 Å². The minimum atomic E-state index is -0.665. The number of amides is 1. The number of nitrogens with zero attached hydrogens (tertiary/aromatic N) is 1. The molecule has 1 amide bonds. The van der Waals surface area contributed by atoms with Crippen LogP contribution in [0.1, 0.15) is 15.9 Å². The van der Waals surface area contributed by atoms with Crippen LogP contribution in [0.15, 0.2) is 65.8 Å². The fourth-order valence-corrected chi connectivity index (χ4v) is 3.25. The van der Waals surface area contributed by atoms with E-state index in [2.05, 4.69) is 10.5 Å². The smallest absolute Gasteiger partial charge is 0.345 e. The third-order valence-electron chi connectivity index (χ3n) is 4.14. The minimum absolute atomic E-state index is 0.162. The summed E-state index contributed by atoms with van der Waals surface area (Å²) in [6, 6.07) is 16.0. The van der Waals surface area contributed by atoms with E-state index in [-0.39, 0.29) is 28.7 Å². The number of hydrogen-bond acceptors (Lipinski definition) is 6. The summed E-state index contributed by atoms with van der Waals surface area (Å²) in [6.07, 6.45) is 1.40. The maximum atomic E-state index is 12.4. The Morgan fingerprint density at radius 2 is 1.73 bits per heavy atom. The molecule has 170 valence electrons. The number of halogens is 3. The van der Waals surface area contributed by atoms with Crippen LogP contribution in [-0.2, 0) is 4.79 Å². The summed E-state index contributed by atoms with van der Waals surface area (Å²) in [5.41, 5.74) is 3.10. The summed E-state index contributed by atoms with van der Waals surface area (Å²) in [6.45, 7) is -0.257. The maximum absolute atomic E-state index is 12.4. The van der Waals surface area contributed by atoms with Gasteiger partial charge in [0.05, 0.1) is 28.9 Å². The first-order valence-corrected chi connectivity index (χ1v) is 10.5. The van der Waals surface area contributed by atoms with Crippen LogP contribution in [-0.4, -0.2) is 31.8 Å². The lowest BCUT2D eigenvalue weighted by molar-refractivity contribution is -0.123. The number of benzene rings is 3. The van der Waals surface area contributed by atoms with Gasteiger partial charge >= 0.3 is 5.97 Å². The molecule has 7 nitrogen and oxygen atoms in total. The van der Waals surface area contributed by atoms with Gasteiger partial charge in [-0.3, -0.25) is 4.79 Å². The summed E-state index contributed by atoms with van der Waals surface area (Å²) >= 11 is 17.9. The standard InChI is InChI=1S/C23H17Cl3N2O5/c1-31-21-10-14(12-27-28-22(29)13-32-19-5-3-2-4-17(19)25)6-9-20(21)33-23(30)16-8-7-15(24)11-18(16)26/h2-12H,13H2,1H3,(H,28,29)/b27-12+. The van der Waals surface area contributed by atoms with E-state index in [1.54, 1.807) is 36.4 Å². The number of hydrazone groups is 1. The Labute approximate surface area is 204 Å². The highest BCUT2D eigenvalue weighted by Crippen LogP contribution is 2.30. The molecule has 0 aliphatic heterocycles. The molecule has 0 bridgehead atoms. The Balaban J connectivity index is 1.59. The van der Waals surface area contributed by atoms with E-state index in [0.717, 1.165) is 0 Å². The fraction of sp³-hybridized carbons (Fsp3) is 0.0870. The second kappa shape index (κ2) is 11.6. The van der Waals surface area contributed by atoms with Gasteiger partial charge in [-0.1, -0.05) is 46.9 Å². The number of carbonyl (C=O) groups excluding carboxylic acids is 2. The van der Waals surface area contributed by atoms with Crippen LogP contribution in [0.4, 0.5) is 0 Å². The van der Waals surface area contributed by atoms with E-state index in [4.69, 9.17) is 49.0 Å². The van der Waals surface area contributed by atoms with Gasteiger partial charge in [-0.2, -0.15) is 5.10 Å². The van der Waals surface area contributed by atoms with Crippen molar-refractivity contribution in [1.82, 2.24) is 5.43 Å². The van der Waals surface area contributed by atoms with Crippen molar-refractivity contribution >= 4 is 52.9 Å². The monoisotopic (exact) mass is 506 g/mol. The predicted octanol–water partition coefficient (Wildman–Crippen LogP) is 5.40. The van der Waals surface area contributed by atoms with Gasteiger partial charge in [-0.25, -0.2) is 10.2 Å². The van der Waals surface area contributed by atoms with E-state index in [1.165, 1.54) is 37.6 Å². The normalized spacial score (nSPS) is 10.7. The molecular weight excluding hydrogens is 491 g/mol. The zero-order chi connectivity index (χ0) is 23.8. The van der Waals surface area contributed by atoms with Crippen LogP contribution in [0.5, 0.6) is 17.2 Å². The third kappa shape index (κ3) is 6.86. The van der Waals surface area contributed by atoms with Crippen LogP contribution in [0.2, 0.25) is 15.1 Å². The van der Waals surface area contributed by atoms with Crippen LogP contribution >= 0.6 is 34.8 Å². The summed E-state index contributed by atoms with van der Waals surface area (Å²) < 4.78 is 16.0. The first-order valence-electron chi connectivity index (χ1n) is 9.42. The Hall–Kier alpha value is -3.26. The molecule has 0 saturated heterocycles. The maximum Gasteiger partial charge on any atom is 0.345 e. The van der Waals surface area contributed by atoms with Gasteiger partial charge in [-0.05, 0) is 54.1 Å². The molecule has 0 heterocycles. The molecule has 3 aromatic carbocycles. The van der Waals surface area contributed by atoms with Crippen LogP contribution in [0, 0.1) is 0 Å². The fourth-order valence-electron chi connectivity index (χ4n) is 2.57. The number of carbonyl (C=O) groups is 2. The minimum Gasteiger partial charge on any atom is -0.493 e. The quantitative estimate of drug-likeness (QED) is 0.191. The lowest BCUT2D eigenvalue weighted by Gasteiger charge is -2.10. The van der Waals surface area contributed by atoms with E-state index in [9.17, 15) is 9.59 Å². The number of hydrogen-bond donors (Lipinski definition) is 1. The Bertz CT molecular complexity index is 1200. The van der Waals surface area contributed by atoms with E-state index in [0.29, 0.717) is 21.4 Å². The largest absolute Gasteiger partial charge is 0.493 e. The van der Waals surface area contributed by atoms with Crippen molar-refractivity contribution in [2.75, 3.05) is 13.7 Å². The van der Waals surface area contributed by atoms with Crippen molar-refractivity contribution in [3.63, 3.8) is 0 Å². The Morgan fingerprint density at radius 1 is 0.939 bits per heavy atom. The molecule has 0 aromatic heterocycles. The summed E-state index contributed by atoms with van der Waals surface area (Å²) in [4.78, 5) is 24.3. The molecule has 0 unspecified atom stereocenters. The van der Waals surface area contributed by atoms with E-state index >= 15 is 0 Å². The first-order chi connectivity index (χ1) is 15.9. The summed E-state index contributed by atoms with van der Waals surface area (Å²) in [5.74, 6) is -0.271. The molecule has 0 saturated carbocycles. The lowest BCUT2D eigenvalue weighted by atomic mass is 10.2.